The molecule has 2 amide bonds. The van der Waals surface area contributed by atoms with Gasteiger partial charge in [0.15, 0.2) is 0 Å². The molecule has 0 aliphatic carbocycles. The summed E-state index contributed by atoms with van der Waals surface area (Å²) in [6, 6.07) is 15.4. The zero-order valence-electron chi connectivity index (χ0n) is 14.7. The molecular weight excluding hydrogens is 314 g/mol. The Morgan fingerprint density at radius 3 is 2.36 bits per heavy atom. The summed E-state index contributed by atoms with van der Waals surface area (Å²) in [6.07, 6.45) is 0. The first-order valence-electron chi connectivity index (χ1n) is 8.52. The lowest BCUT2D eigenvalue weighted by Crippen LogP contribution is -2.49. The summed E-state index contributed by atoms with van der Waals surface area (Å²) < 4.78 is 0. The van der Waals surface area contributed by atoms with Crippen LogP contribution in [-0.4, -0.2) is 42.9 Å². The van der Waals surface area contributed by atoms with Gasteiger partial charge in [0.05, 0.1) is 0 Å². The van der Waals surface area contributed by atoms with Crippen LogP contribution in [-0.2, 0) is 4.79 Å². The molecule has 1 heterocycles. The number of rotatable bonds is 3. The molecule has 1 fully saturated rings. The van der Waals surface area contributed by atoms with E-state index in [1.807, 2.05) is 17.0 Å². The molecule has 1 saturated heterocycles. The maximum atomic E-state index is 12.7. The van der Waals surface area contributed by atoms with Crippen LogP contribution < -0.4 is 10.2 Å². The van der Waals surface area contributed by atoms with E-state index < -0.39 is 0 Å². The zero-order valence-corrected chi connectivity index (χ0v) is 14.7. The second-order valence-corrected chi connectivity index (χ2v) is 6.33. The molecule has 1 N–H and O–H groups in total. The Balaban J connectivity index is 1.66. The topological polar surface area (TPSA) is 52.7 Å². The van der Waals surface area contributed by atoms with E-state index >= 15 is 0 Å². The van der Waals surface area contributed by atoms with E-state index in [4.69, 9.17) is 0 Å². The average molecular weight is 337 g/mol. The van der Waals surface area contributed by atoms with Crippen molar-refractivity contribution in [2.75, 3.05) is 36.4 Å². The van der Waals surface area contributed by atoms with E-state index in [-0.39, 0.29) is 11.8 Å². The summed E-state index contributed by atoms with van der Waals surface area (Å²) in [5.41, 5.74) is 3.75. The SMILES string of the molecule is CC(=O)Nc1cccc(C(=O)N2CCN(c3ccccc3C)CC2)c1. The number of benzene rings is 2. The molecule has 5 nitrogen and oxygen atoms in total. The van der Waals surface area contributed by atoms with E-state index in [0.29, 0.717) is 24.3 Å². The maximum absolute atomic E-state index is 12.7. The van der Waals surface area contributed by atoms with Crippen LogP contribution in [0.15, 0.2) is 48.5 Å². The van der Waals surface area contributed by atoms with Gasteiger partial charge in [-0.2, -0.15) is 0 Å². The molecule has 0 bridgehead atoms. The molecule has 1 aliphatic rings. The molecular formula is C20H23N3O2. The third-order valence-corrected chi connectivity index (χ3v) is 4.45. The maximum Gasteiger partial charge on any atom is 0.254 e. The van der Waals surface area contributed by atoms with Crippen molar-refractivity contribution >= 4 is 23.2 Å². The lowest BCUT2D eigenvalue weighted by atomic mass is 10.1. The second kappa shape index (κ2) is 7.38. The van der Waals surface area contributed by atoms with Gasteiger partial charge in [0.25, 0.3) is 5.91 Å². The Morgan fingerprint density at radius 2 is 1.68 bits per heavy atom. The van der Waals surface area contributed by atoms with E-state index in [0.717, 1.165) is 13.1 Å². The van der Waals surface area contributed by atoms with Crippen molar-refractivity contribution < 1.29 is 9.59 Å². The minimum atomic E-state index is -0.142. The van der Waals surface area contributed by atoms with Gasteiger partial charge in [-0.3, -0.25) is 9.59 Å². The van der Waals surface area contributed by atoms with Crippen molar-refractivity contribution in [3.8, 4) is 0 Å². The van der Waals surface area contributed by atoms with Gasteiger partial charge in [-0.05, 0) is 36.8 Å². The molecule has 0 radical (unpaired) electrons. The van der Waals surface area contributed by atoms with Crippen molar-refractivity contribution in [1.82, 2.24) is 4.90 Å². The van der Waals surface area contributed by atoms with Gasteiger partial charge in [-0.1, -0.05) is 24.3 Å². The number of para-hydroxylation sites is 1. The standard InChI is InChI=1S/C20H23N3O2/c1-15-6-3-4-9-19(15)22-10-12-23(13-11-22)20(25)17-7-5-8-18(14-17)21-16(2)24/h3-9,14H,10-13H2,1-2H3,(H,21,24). The highest BCUT2D eigenvalue weighted by molar-refractivity contribution is 5.97. The van der Waals surface area contributed by atoms with Crippen LogP contribution in [0.1, 0.15) is 22.8 Å². The van der Waals surface area contributed by atoms with Gasteiger partial charge in [0.2, 0.25) is 5.91 Å². The number of carbonyl (C=O) groups excluding carboxylic acids is 2. The number of nitrogens with zero attached hydrogens (tertiary/aromatic N) is 2. The quantitative estimate of drug-likeness (QED) is 0.937. The van der Waals surface area contributed by atoms with Gasteiger partial charge in [-0.25, -0.2) is 0 Å². The highest BCUT2D eigenvalue weighted by atomic mass is 16.2. The van der Waals surface area contributed by atoms with Crippen LogP contribution in [0, 0.1) is 6.92 Å². The number of piperazine rings is 1. The summed E-state index contributed by atoms with van der Waals surface area (Å²) >= 11 is 0. The fraction of sp³-hybridized carbons (Fsp3) is 0.300. The molecule has 130 valence electrons. The first kappa shape index (κ1) is 17.0. The second-order valence-electron chi connectivity index (χ2n) is 6.33. The number of amides is 2. The molecule has 25 heavy (non-hydrogen) atoms. The molecule has 0 aromatic heterocycles. The van der Waals surface area contributed by atoms with Crippen molar-refractivity contribution in [3.63, 3.8) is 0 Å². The number of anilines is 2. The van der Waals surface area contributed by atoms with Crippen LogP contribution >= 0.6 is 0 Å². The molecule has 1 aliphatic heterocycles. The van der Waals surface area contributed by atoms with Crippen molar-refractivity contribution in [1.29, 1.82) is 0 Å². The first-order chi connectivity index (χ1) is 12.0. The Morgan fingerprint density at radius 1 is 0.960 bits per heavy atom. The van der Waals surface area contributed by atoms with Gasteiger partial charge >= 0.3 is 0 Å². The predicted octanol–water partition coefficient (Wildman–Crippen LogP) is 2.92. The summed E-state index contributed by atoms with van der Waals surface area (Å²) in [4.78, 5) is 28.1. The van der Waals surface area contributed by atoms with E-state index in [2.05, 4.69) is 29.3 Å². The lowest BCUT2D eigenvalue weighted by Gasteiger charge is -2.36. The highest BCUT2D eigenvalue weighted by Gasteiger charge is 2.23. The number of nitrogens with one attached hydrogen (secondary N) is 1. The minimum absolute atomic E-state index is 0.0108. The Kier molecular flexibility index (Phi) is 5.03. The van der Waals surface area contributed by atoms with Crippen molar-refractivity contribution in [3.05, 3.63) is 59.7 Å². The molecule has 3 rings (SSSR count). The fourth-order valence-electron chi connectivity index (χ4n) is 3.18. The third kappa shape index (κ3) is 3.99. The van der Waals surface area contributed by atoms with Crippen LogP contribution in [0.5, 0.6) is 0 Å². The summed E-state index contributed by atoms with van der Waals surface area (Å²) in [7, 11) is 0. The summed E-state index contributed by atoms with van der Waals surface area (Å²) in [5, 5.41) is 2.72. The summed E-state index contributed by atoms with van der Waals surface area (Å²) in [6.45, 7) is 6.60. The molecule has 2 aromatic rings. The molecule has 5 heteroatoms. The fourth-order valence-corrected chi connectivity index (χ4v) is 3.18. The minimum Gasteiger partial charge on any atom is -0.368 e. The van der Waals surface area contributed by atoms with Gasteiger partial charge < -0.3 is 15.1 Å². The van der Waals surface area contributed by atoms with Crippen LogP contribution in [0.3, 0.4) is 0 Å². The van der Waals surface area contributed by atoms with Crippen LogP contribution in [0.4, 0.5) is 11.4 Å². The average Bonchev–Trinajstić information content (AvgIpc) is 2.61. The zero-order chi connectivity index (χ0) is 17.8. The van der Waals surface area contributed by atoms with Crippen molar-refractivity contribution in [2.24, 2.45) is 0 Å². The highest BCUT2D eigenvalue weighted by Crippen LogP contribution is 2.21. The third-order valence-electron chi connectivity index (χ3n) is 4.45. The first-order valence-corrected chi connectivity index (χ1v) is 8.52. The number of carbonyl (C=O) groups is 2. The normalized spacial score (nSPS) is 14.3. The lowest BCUT2D eigenvalue weighted by molar-refractivity contribution is -0.114. The van der Waals surface area contributed by atoms with E-state index in [1.54, 1.807) is 24.3 Å². The Hall–Kier alpha value is -2.82. The molecule has 0 spiro atoms. The molecule has 0 unspecified atom stereocenters. The van der Waals surface area contributed by atoms with E-state index in [9.17, 15) is 9.59 Å². The molecule has 0 atom stereocenters. The Bertz CT molecular complexity index is 780. The van der Waals surface area contributed by atoms with Crippen LogP contribution in [0.25, 0.3) is 0 Å². The van der Waals surface area contributed by atoms with E-state index in [1.165, 1.54) is 18.2 Å². The largest absolute Gasteiger partial charge is 0.368 e. The monoisotopic (exact) mass is 337 g/mol. The summed E-state index contributed by atoms with van der Waals surface area (Å²) in [5.74, 6) is -0.131. The van der Waals surface area contributed by atoms with Crippen molar-refractivity contribution in [2.45, 2.75) is 13.8 Å². The number of hydrogen-bond acceptors (Lipinski definition) is 3. The Labute approximate surface area is 148 Å². The smallest absolute Gasteiger partial charge is 0.254 e. The predicted molar refractivity (Wildman–Crippen MR) is 100 cm³/mol. The number of aryl methyl sites for hydroxylation is 1. The van der Waals surface area contributed by atoms with Gasteiger partial charge in [0, 0.05) is 50.0 Å². The van der Waals surface area contributed by atoms with Gasteiger partial charge in [0.1, 0.15) is 0 Å². The molecule has 0 saturated carbocycles. The molecule has 2 aromatic carbocycles. The number of hydrogen-bond donors (Lipinski definition) is 1. The van der Waals surface area contributed by atoms with Crippen LogP contribution in [0.2, 0.25) is 0 Å². The van der Waals surface area contributed by atoms with Gasteiger partial charge in [-0.15, -0.1) is 0 Å².